The molecule has 2 aliphatic rings. The molecule has 1 atom stereocenters. The summed E-state index contributed by atoms with van der Waals surface area (Å²) in [5.74, 6) is -0.102. The van der Waals surface area contributed by atoms with Gasteiger partial charge in [0, 0.05) is 35.3 Å². The molecule has 4 heteroatoms. The van der Waals surface area contributed by atoms with Crippen molar-refractivity contribution in [1.29, 1.82) is 0 Å². The van der Waals surface area contributed by atoms with Crippen LogP contribution in [0.1, 0.15) is 31.8 Å². The van der Waals surface area contributed by atoms with Gasteiger partial charge in [0.1, 0.15) is 0 Å². The van der Waals surface area contributed by atoms with Crippen LogP contribution in [0.5, 0.6) is 0 Å². The van der Waals surface area contributed by atoms with Gasteiger partial charge in [-0.2, -0.15) is 0 Å². The lowest BCUT2D eigenvalue weighted by atomic mass is 9.89. The fraction of sp³-hybridized carbons (Fsp3) is 0.103. The second-order valence-corrected chi connectivity index (χ2v) is 8.44. The van der Waals surface area contributed by atoms with Crippen LogP contribution in [0.15, 0.2) is 109 Å². The molecule has 2 aliphatic heterocycles. The van der Waals surface area contributed by atoms with E-state index in [0.717, 1.165) is 22.3 Å². The Morgan fingerprint density at radius 3 is 2.00 bits per heavy atom. The third kappa shape index (κ3) is 2.77. The van der Waals surface area contributed by atoms with Crippen molar-refractivity contribution in [2.24, 2.45) is 0 Å². The van der Waals surface area contributed by atoms with Crippen molar-refractivity contribution in [3.05, 3.63) is 131 Å². The minimum Gasteiger partial charge on any atom is -0.306 e. The van der Waals surface area contributed by atoms with E-state index in [1.807, 2.05) is 107 Å². The Kier molecular flexibility index (Phi) is 4.40. The highest BCUT2D eigenvalue weighted by Gasteiger charge is 2.59. The second kappa shape index (κ2) is 7.45. The summed E-state index contributed by atoms with van der Waals surface area (Å²) in [6.07, 6.45) is 0. The summed E-state index contributed by atoms with van der Waals surface area (Å²) in [4.78, 5) is 31.0. The van der Waals surface area contributed by atoms with Crippen LogP contribution in [-0.2, 0) is 5.66 Å². The number of carbonyl (C=O) groups excluding carboxylic acids is 2. The highest BCUT2D eigenvalue weighted by Crippen LogP contribution is 2.50. The monoisotopic (exact) mass is 430 g/mol. The predicted octanol–water partition coefficient (Wildman–Crippen LogP) is 5.17. The van der Waals surface area contributed by atoms with Crippen molar-refractivity contribution >= 4 is 11.8 Å². The summed E-state index contributed by atoms with van der Waals surface area (Å²) in [6.45, 7) is 0.977. The normalized spacial score (nSPS) is 18.8. The van der Waals surface area contributed by atoms with Crippen LogP contribution < -0.4 is 0 Å². The van der Waals surface area contributed by atoms with E-state index < -0.39 is 5.66 Å². The molecular weight excluding hydrogens is 408 g/mol. The Labute approximate surface area is 192 Å². The molecule has 1 fully saturated rings. The van der Waals surface area contributed by atoms with Gasteiger partial charge in [0.2, 0.25) is 0 Å². The molecule has 1 saturated heterocycles. The van der Waals surface area contributed by atoms with Gasteiger partial charge >= 0.3 is 0 Å². The molecular formula is C29H22N2O2. The average Bonchev–Trinajstić information content (AvgIpc) is 3.40. The first-order valence-corrected chi connectivity index (χ1v) is 11.2. The Balaban J connectivity index is 1.46. The molecule has 0 radical (unpaired) electrons. The maximum absolute atomic E-state index is 13.9. The number of rotatable bonds is 3. The van der Waals surface area contributed by atoms with Gasteiger partial charge < -0.3 is 9.80 Å². The van der Waals surface area contributed by atoms with Crippen LogP contribution >= 0.6 is 0 Å². The summed E-state index contributed by atoms with van der Waals surface area (Å²) in [5, 5.41) is 0. The first kappa shape index (κ1) is 19.5. The minimum absolute atomic E-state index is 0.0239. The number of nitrogens with zero attached hydrogens (tertiary/aromatic N) is 2. The lowest BCUT2D eigenvalue weighted by molar-refractivity contribution is 0.0375. The second-order valence-electron chi connectivity index (χ2n) is 8.44. The van der Waals surface area contributed by atoms with Crippen molar-refractivity contribution in [3.8, 4) is 11.1 Å². The summed E-state index contributed by atoms with van der Waals surface area (Å²) in [5.41, 5.74) is 4.32. The summed E-state index contributed by atoms with van der Waals surface area (Å²) >= 11 is 0. The molecule has 0 bridgehead atoms. The van der Waals surface area contributed by atoms with Crippen molar-refractivity contribution in [2.75, 3.05) is 13.1 Å². The van der Waals surface area contributed by atoms with Crippen LogP contribution in [0.3, 0.4) is 0 Å². The highest BCUT2D eigenvalue weighted by molar-refractivity contribution is 6.04. The van der Waals surface area contributed by atoms with Crippen molar-refractivity contribution in [2.45, 2.75) is 5.66 Å². The van der Waals surface area contributed by atoms with Gasteiger partial charge in [-0.05, 0) is 29.3 Å². The Bertz CT molecular complexity index is 1350. The SMILES string of the molecule is O=C(c1ccc(-c2ccccc2)cc1)N1CCN2C(=O)c3ccccc3C12c1ccccc1. The highest BCUT2D eigenvalue weighted by atomic mass is 16.2. The molecule has 0 saturated carbocycles. The Morgan fingerprint density at radius 2 is 1.27 bits per heavy atom. The molecule has 160 valence electrons. The Hall–Kier alpha value is -4.18. The van der Waals surface area contributed by atoms with Gasteiger partial charge in [0.05, 0.1) is 0 Å². The molecule has 4 aromatic carbocycles. The van der Waals surface area contributed by atoms with E-state index in [1.54, 1.807) is 0 Å². The van der Waals surface area contributed by atoms with E-state index >= 15 is 0 Å². The topological polar surface area (TPSA) is 40.6 Å². The number of fused-ring (bicyclic) bond motifs is 3. The summed E-state index contributed by atoms with van der Waals surface area (Å²) in [6, 6.07) is 35.4. The van der Waals surface area contributed by atoms with E-state index in [1.165, 1.54) is 0 Å². The zero-order valence-electron chi connectivity index (χ0n) is 18.0. The molecule has 4 nitrogen and oxygen atoms in total. The lowest BCUT2D eigenvalue weighted by Crippen LogP contribution is -2.51. The van der Waals surface area contributed by atoms with Gasteiger partial charge in [-0.3, -0.25) is 9.59 Å². The Morgan fingerprint density at radius 1 is 0.667 bits per heavy atom. The number of carbonyl (C=O) groups is 2. The molecule has 1 unspecified atom stereocenters. The van der Waals surface area contributed by atoms with Gasteiger partial charge in [-0.15, -0.1) is 0 Å². The number of benzene rings is 4. The van der Waals surface area contributed by atoms with Crippen LogP contribution in [0, 0.1) is 0 Å². The van der Waals surface area contributed by atoms with Crippen molar-refractivity contribution in [3.63, 3.8) is 0 Å². The quantitative estimate of drug-likeness (QED) is 0.450. The van der Waals surface area contributed by atoms with E-state index in [0.29, 0.717) is 24.2 Å². The van der Waals surface area contributed by atoms with Crippen LogP contribution in [0.4, 0.5) is 0 Å². The van der Waals surface area contributed by atoms with Crippen molar-refractivity contribution < 1.29 is 9.59 Å². The predicted molar refractivity (Wildman–Crippen MR) is 128 cm³/mol. The fourth-order valence-electron chi connectivity index (χ4n) is 5.31. The zero-order valence-corrected chi connectivity index (χ0v) is 18.0. The van der Waals surface area contributed by atoms with Gasteiger partial charge in [-0.25, -0.2) is 0 Å². The smallest absolute Gasteiger partial charge is 0.256 e. The fourth-order valence-corrected chi connectivity index (χ4v) is 5.31. The maximum atomic E-state index is 13.9. The van der Waals surface area contributed by atoms with E-state index in [4.69, 9.17) is 0 Å². The summed E-state index contributed by atoms with van der Waals surface area (Å²) < 4.78 is 0. The minimum atomic E-state index is -0.926. The molecule has 0 spiro atoms. The molecule has 2 heterocycles. The lowest BCUT2D eigenvalue weighted by Gasteiger charge is -2.40. The summed E-state index contributed by atoms with van der Waals surface area (Å²) in [7, 11) is 0. The van der Waals surface area contributed by atoms with Crippen molar-refractivity contribution in [1.82, 2.24) is 9.80 Å². The molecule has 0 aliphatic carbocycles. The van der Waals surface area contributed by atoms with Gasteiger partial charge in [0.25, 0.3) is 11.8 Å². The van der Waals surface area contributed by atoms with E-state index in [2.05, 4.69) is 12.1 Å². The largest absolute Gasteiger partial charge is 0.306 e. The number of amides is 2. The first-order chi connectivity index (χ1) is 16.2. The van der Waals surface area contributed by atoms with Crippen LogP contribution in [0.25, 0.3) is 11.1 Å². The van der Waals surface area contributed by atoms with Crippen LogP contribution in [0.2, 0.25) is 0 Å². The molecule has 2 amide bonds. The molecule has 0 N–H and O–H groups in total. The third-order valence-corrected chi connectivity index (χ3v) is 6.77. The van der Waals surface area contributed by atoms with Gasteiger partial charge in [0.15, 0.2) is 5.66 Å². The van der Waals surface area contributed by atoms with E-state index in [9.17, 15) is 9.59 Å². The average molecular weight is 431 g/mol. The van der Waals surface area contributed by atoms with E-state index in [-0.39, 0.29) is 11.8 Å². The zero-order chi connectivity index (χ0) is 22.4. The number of hydrogen-bond acceptors (Lipinski definition) is 2. The molecule has 6 rings (SSSR count). The van der Waals surface area contributed by atoms with Gasteiger partial charge in [-0.1, -0.05) is 91.0 Å². The third-order valence-electron chi connectivity index (χ3n) is 6.77. The maximum Gasteiger partial charge on any atom is 0.256 e. The standard InChI is InChI=1S/C29H22N2O2/c32-27(23-17-15-22(16-18-23)21-9-3-1-4-10-21)30-19-20-31-28(33)25-13-7-8-14-26(25)29(30,31)24-11-5-2-6-12-24/h1-18H,19-20H2. The number of hydrogen-bond donors (Lipinski definition) is 0. The molecule has 0 aromatic heterocycles. The first-order valence-electron chi connectivity index (χ1n) is 11.2. The molecule has 33 heavy (non-hydrogen) atoms. The van der Waals surface area contributed by atoms with Crippen LogP contribution in [-0.4, -0.2) is 34.7 Å². The molecule has 4 aromatic rings.